The Morgan fingerprint density at radius 2 is 2.12 bits per heavy atom. The van der Waals surface area contributed by atoms with Crippen molar-refractivity contribution >= 4 is 0 Å². The number of hydrogen-bond acceptors (Lipinski definition) is 3. The van der Waals surface area contributed by atoms with Gasteiger partial charge in [0.1, 0.15) is 5.75 Å². The van der Waals surface area contributed by atoms with Crippen LogP contribution >= 0.6 is 0 Å². The Hall–Kier alpha value is -1.06. The van der Waals surface area contributed by atoms with Crippen LogP contribution in [-0.2, 0) is 11.3 Å². The van der Waals surface area contributed by atoms with Crippen LogP contribution in [0.2, 0.25) is 0 Å². The number of methoxy groups -OCH3 is 1. The second-order valence-electron chi connectivity index (χ2n) is 4.13. The normalized spacial score (nSPS) is 20.7. The third kappa shape index (κ3) is 3.22. The van der Waals surface area contributed by atoms with Crippen molar-refractivity contribution in [1.82, 2.24) is 5.32 Å². The van der Waals surface area contributed by atoms with Crippen molar-refractivity contribution in [3.8, 4) is 5.75 Å². The van der Waals surface area contributed by atoms with Gasteiger partial charge >= 0.3 is 0 Å². The van der Waals surface area contributed by atoms with Crippen molar-refractivity contribution in [2.24, 2.45) is 0 Å². The van der Waals surface area contributed by atoms with Gasteiger partial charge in [-0.3, -0.25) is 0 Å². The predicted molar refractivity (Wildman–Crippen MR) is 63.7 cm³/mol. The summed E-state index contributed by atoms with van der Waals surface area (Å²) in [6.07, 6.45) is 2.76. The van der Waals surface area contributed by atoms with Crippen molar-refractivity contribution in [3.05, 3.63) is 29.8 Å². The molecule has 0 saturated carbocycles. The highest BCUT2D eigenvalue weighted by molar-refractivity contribution is 5.26. The SMILES string of the molecule is COc1ccc(CO[C@H]2CCCNC2)cc1. The molecule has 3 nitrogen and oxygen atoms in total. The van der Waals surface area contributed by atoms with Crippen LogP contribution in [0.4, 0.5) is 0 Å². The van der Waals surface area contributed by atoms with Gasteiger partial charge in [-0.2, -0.15) is 0 Å². The van der Waals surface area contributed by atoms with Gasteiger partial charge in [0.15, 0.2) is 0 Å². The first kappa shape index (κ1) is 11.4. The molecule has 0 spiro atoms. The minimum Gasteiger partial charge on any atom is -0.497 e. The molecule has 0 bridgehead atoms. The number of nitrogens with one attached hydrogen (secondary N) is 1. The van der Waals surface area contributed by atoms with E-state index in [1.165, 1.54) is 18.4 Å². The van der Waals surface area contributed by atoms with E-state index in [-0.39, 0.29) is 0 Å². The van der Waals surface area contributed by atoms with E-state index in [0.29, 0.717) is 12.7 Å². The van der Waals surface area contributed by atoms with Crippen molar-refractivity contribution in [1.29, 1.82) is 0 Å². The largest absolute Gasteiger partial charge is 0.497 e. The average molecular weight is 221 g/mol. The molecule has 16 heavy (non-hydrogen) atoms. The maximum atomic E-state index is 5.84. The van der Waals surface area contributed by atoms with E-state index >= 15 is 0 Å². The minimum absolute atomic E-state index is 0.371. The Kier molecular flexibility index (Phi) is 4.19. The van der Waals surface area contributed by atoms with Crippen molar-refractivity contribution in [3.63, 3.8) is 0 Å². The van der Waals surface area contributed by atoms with E-state index in [0.717, 1.165) is 18.8 Å². The van der Waals surface area contributed by atoms with Gasteiger partial charge in [-0.1, -0.05) is 12.1 Å². The van der Waals surface area contributed by atoms with Crippen LogP contribution in [0, 0.1) is 0 Å². The molecule has 0 aliphatic carbocycles. The molecule has 1 fully saturated rings. The lowest BCUT2D eigenvalue weighted by molar-refractivity contribution is 0.0253. The predicted octanol–water partition coefficient (Wildman–Crippen LogP) is 1.96. The molecule has 1 atom stereocenters. The van der Waals surface area contributed by atoms with E-state index in [4.69, 9.17) is 9.47 Å². The summed E-state index contributed by atoms with van der Waals surface area (Å²) in [6, 6.07) is 8.04. The number of hydrogen-bond donors (Lipinski definition) is 1. The fourth-order valence-electron chi connectivity index (χ4n) is 1.90. The molecular weight excluding hydrogens is 202 g/mol. The maximum Gasteiger partial charge on any atom is 0.118 e. The van der Waals surface area contributed by atoms with Gasteiger partial charge in [0, 0.05) is 6.54 Å². The van der Waals surface area contributed by atoms with Crippen LogP contribution < -0.4 is 10.1 Å². The molecule has 0 unspecified atom stereocenters. The second-order valence-corrected chi connectivity index (χ2v) is 4.13. The molecule has 0 radical (unpaired) electrons. The highest BCUT2D eigenvalue weighted by atomic mass is 16.5. The molecule has 0 aromatic heterocycles. The number of benzene rings is 1. The molecule has 1 aliphatic heterocycles. The van der Waals surface area contributed by atoms with Crippen molar-refractivity contribution < 1.29 is 9.47 Å². The number of piperidine rings is 1. The lowest BCUT2D eigenvalue weighted by Crippen LogP contribution is -2.35. The summed E-state index contributed by atoms with van der Waals surface area (Å²) >= 11 is 0. The van der Waals surface area contributed by atoms with Crippen LogP contribution in [0.5, 0.6) is 5.75 Å². The molecule has 1 aromatic carbocycles. The van der Waals surface area contributed by atoms with Gasteiger partial charge < -0.3 is 14.8 Å². The standard InChI is InChI=1S/C13H19NO2/c1-15-12-6-4-11(5-7-12)10-16-13-3-2-8-14-9-13/h4-7,13-14H,2-3,8-10H2,1H3/t13-/m0/s1. The summed E-state index contributed by atoms with van der Waals surface area (Å²) in [5.41, 5.74) is 1.20. The summed E-state index contributed by atoms with van der Waals surface area (Å²) in [6.45, 7) is 2.80. The average Bonchev–Trinajstić information content (AvgIpc) is 2.38. The molecule has 88 valence electrons. The molecule has 0 amide bonds. The summed E-state index contributed by atoms with van der Waals surface area (Å²) < 4.78 is 11.0. The van der Waals surface area contributed by atoms with Crippen LogP contribution in [-0.4, -0.2) is 26.3 Å². The maximum absolute atomic E-state index is 5.84. The summed E-state index contributed by atoms with van der Waals surface area (Å²) in [7, 11) is 1.68. The van der Waals surface area contributed by atoms with E-state index in [2.05, 4.69) is 17.4 Å². The second kappa shape index (κ2) is 5.87. The molecule has 1 aliphatic rings. The van der Waals surface area contributed by atoms with Gasteiger partial charge in [0.05, 0.1) is 19.8 Å². The summed E-state index contributed by atoms with van der Waals surface area (Å²) in [5.74, 6) is 0.892. The van der Waals surface area contributed by atoms with E-state index in [9.17, 15) is 0 Å². The van der Waals surface area contributed by atoms with Crippen LogP contribution in [0.15, 0.2) is 24.3 Å². The Morgan fingerprint density at radius 3 is 2.75 bits per heavy atom. The Balaban J connectivity index is 1.79. The third-order valence-electron chi connectivity index (χ3n) is 2.90. The molecule has 2 rings (SSSR count). The Labute approximate surface area is 96.8 Å². The zero-order valence-electron chi connectivity index (χ0n) is 9.74. The lowest BCUT2D eigenvalue weighted by atomic mass is 10.1. The van der Waals surface area contributed by atoms with Crippen LogP contribution in [0.25, 0.3) is 0 Å². The monoisotopic (exact) mass is 221 g/mol. The van der Waals surface area contributed by atoms with Gasteiger partial charge in [-0.25, -0.2) is 0 Å². The molecule has 3 heteroatoms. The van der Waals surface area contributed by atoms with E-state index in [1.807, 2.05) is 12.1 Å². The number of ether oxygens (including phenoxy) is 2. The van der Waals surface area contributed by atoms with Gasteiger partial charge in [-0.05, 0) is 37.1 Å². The van der Waals surface area contributed by atoms with Crippen molar-refractivity contribution in [2.75, 3.05) is 20.2 Å². The molecule has 1 aromatic rings. The fourth-order valence-corrected chi connectivity index (χ4v) is 1.90. The highest BCUT2D eigenvalue weighted by Gasteiger charge is 2.12. The zero-order valence-corrected chi connectivity index (χ0v) is 9.74. The van der Waals surface area contributed by atoms with Gasteiger partial charge in [0.2, 0.25) is 0 Å². The quantitative estimate of drug-likeness (QED) is 0.843. The summed E-state index contributed by atoms with van der Waals surface area (Å²) in [4.78, 5) is 0. The smallest absolute Gasteiger partial charge is 0.118 e. The van der Waals surface area contributed by atoms with E-state index in [1.54, 1.807) is 7.11 Å². The Bertz CT molecular complexity index is 304. The fraction of sp³-hybridized carbons (Fsp3) is 0.538. The first-order chi connectivity index (χ1) is 7.88. The van der Waals surface area contributed by atoms with Crippen LogP contribution in [0.3, 0.4) is 0 Å². The Morgan fingerprint density at radius 1 is 1.31 bits per heavy atom. The first-order valence-electron chi connectivity index (χ1n) is 5.84. The topological polar surface area (TPSA) is 30.5 Å². The summed E-state index contributed by atoms with van der Waals surface area (Å²) in [5, 5.41) is 3.34. The molecule has 1 N–H and O–H groups in total. The highest BCUT2D eigenvalue weighted by Crippen LogP contribution is 2.14. The van der Waals surface area contributed by atoms with Gasteiger partial charge in [-0.15, -0.1) is 0 Å². The van der Waals surface area contributed by atoms with Crippen LogP contribution in [0.1, 0.15) is 18.4 Å². The van der Waals surface area contributed by atoms with E-state index < -0.39 is 0 Å². The molecule has 1 saturated heterocycles. The van der Waals surface area contributed by atoms with Crippen molar-refractivity contribution in [2.45, 2.75) is 25.6 Å². The molecule has 1 heterocycles. The minimum atomic E-state index is 0.371. The molecular formula is C13H19NO2. The zero-order chi connectivity index (χ0) is 11.2. The first-order valence-corrected chi connectivity index (χ1v) is 5.84. The number of rotatable bonds is 4. The lowest BCUT2D eigenvalue weighted by Gasteiger charge is -2.23. The van der Waals surface area contributed by atoms with Gasteiger partial charge in [0.25, 0.3) is 0 Å². The third-order valence-corrected chi connectivity index (χ3v) is 2.90.